The number of carbonyl (C=O) groups is 1. The molecule has 2 aliphatic carbocycles. The standard InChI is InChI=1S/C29H31N3O3/c1-3-25(33)19-11-12-20(26(16-19)34-2)17-27-31-24-14-13-23(18-7-6-8-21(30)15-18)28(24)29(32-27)35-22-9-4-5-10-22/h6-8,11-13,15-16,22H,3-5,9-10,14,17,30H2,1-2H3. The van der Waals surface area contributed by atoms with E-state index in [2.05, 4.69) is 12.1 Å². The number of nitrogens with two attached hydrogens (primary N) is 1. The first kappa shape index (κ1) is 23.1. The number of carbonyl (C=O) groups excluding carboxylic acids is 1. The molecule has 0 radical (unpaired) electrons. The van der Waals surface area contributed by atoms with Crippen LogP contribution in [0.3, 0.4) is 0 Å². The topological polar surface area (TPSA) is 87.3 Å². The summed E-state index contributed by atoms with van der Waals surface area (Å²) < 4.78 is 12.1. The molecule has 1 saturated carbocycles. The Kier molecular flexibility index (Phi) is 6.53. The van der Waals surface area contributed by atoms with E-state index in [9.17, 15) is 4.79 Å². The zero-order chi connectivity index (χ0) is 24.4. The van der Waals surface area contributed by atoms with Crippen molar-refractivity contribution in [1.82, 2.24) is 9.97 Å². The number of hydrogen-bond donors (Lipinski definition) is 1. The third kappa shape index (κ3) is 4.78. The van der Waals surface area contributed by atoms with Crippen LogP contribution in [-0.2, 0) is 12.8 Å². The van der Waals surface area contributed by atoms with Crippen LogP contribution in [0.2, 0.25) is 0 Å². The predicted octanol–water partition coefficient (Wildman–Crippen LogP) is 5.56. The van der Waals surface area contributed by atoms with Crippen molar-refractivity contribution in [3.63, 3.8) is 0 Å². The minimum absolute atomic E-state index is 0.0935. The van der Waals surface area contributed by atoms with Crippen molar-refractivity contribution in [1.29, 1.82) is 0 Å². The quantitative estimate of drug-likeness (QED) is 0.343. The highest BCUT2D eigenvalue weighted by atomic mass is 16.5. The molecule has 3 aromatic rings. The molecule has 0 amide bonds. The van der Waals surface area contributed by atoms with Gasteiger partial charge in [0.05, 0.1) is 18.4 Å². The minimum Gasteiger partial charge on any atom is -0.496 e. The van der Waals surface area contributed by atoms with E-state index in [1.54, 1.807) is 7.11 Å². The second-order valence-electron chi connectivity index (χ2n) is 9.22. The van der Waals surface area contributed by atoms with Gasteiger partial charge in [0.15, 0.2) is 5.78 Å². The van der Waals surface area contributed by atoms with Crippen molar-refractivity contribution in [2.75, 3.05) is 12.8 Å². The first-order valence-corrected chi connectivity index (χ1v) is 12.4. The Labute approximate surface area is 206 Å². The van der Waals surface area contributed by atoms with Crippen molar-refractivity contribution >= 4 is 17.0 Å². The van der Waals surface area contributed by atoms with Crippen LogP contribution in [0.25, 0.3) is 5.57 Å². The molecule has 1 aromatic heterocycles. The summed E-state index contributed by atoms with van der Waals surface area (Å²) in [5, 5.41) is 0. The van der Waals surface area contributed by atoms with Crippen molar-refractivity contribution in [3.8, 4) is 11.6 Å². The number of allylic oxidation sites excluding steroid dienone is 1. The molecular weight excluding hydrogens is 438 g/mol. The number of anilines is 1. The van der Waals surface area contributed by atoms with Gasteiger partial charge in [0.25, 0.3) is 0 Å². The highest BCUT2D eigenvalue weighted by Gasteiger charge is 2.27. The number of aromatic nitrogens is 2. The summed E-state index contributed by atoms with van der Waals surface area (Å²) in [6, 6.07) is 13.5. The normalized spacial score (nSPS) is 15.1. The number of benzene rings is 2. The number of nitrogen functional groups attached to an aromatic ring is 1. The largest absolute Gasteiger partial charge is 0.496 e. The number of nitrogens with zero attached hydrogens (tertiary/aromatic N) is 2. The fourth-order valence-electron chi connectivity index (χ4n) is 4.99. The van der Waals surface area contributed by atoms with E-state index in [1.165, 1.54) is 12.8 Å². The number of ketones is 1. The smallest absolute Gasteiger partial charge is 0.225 e. The maximum Gasteiger partial charge on any atom is 0.225 e. The van der Waals surface area contributed by atoms with Gasteiger partial charge in [-0.1, -0.05) is 37.3 Å². The van der Waals surface area contributed by atoms with Crippen LogP contribution in [0, 0.1) is 0 Å². The number of hydrogen-bond acceptors (Lipinski definition) is 6. The Morgan fingerprint density at radius 1 is 1.11 bits per heavy atom. The van der Waals surface area contributed by atoms with Crippen LogP contribution < -0.4 is 15.2 Å². The zero-order valence-corrected chi connectivity index (χ0v) is 20.3. The summed E-state index contributed by atoms with van der Waals surface area (Å²) >= 11 is 0. The van der Waals surface area contributed by atoms with Crippen LogP contribution in [0.15, 0.2) is 48.5 Å². The summed E-state index contributed by atoms with van der Waals surface area (Å²) in [6.45, 7) is 1.86. The van der Waals surface area contributed by atoms with E-state index in [1.807, 2.05) is 43.3 Å². The zero-order valence-electron chi connectivity index (χ0n) is 20.3. The Morgan fingerprint density at radius 2 is 1.94 bits per heavy atom. The van der Waals surface area contributed by atoms with Gasteiger partial charge in [-0.15, -0.1) is 0 Å². The Bertz CT molecular complexity index is 1290. The molecular formula is C29H31N3O3. The van der Waals surface area contributed by atoms with E-state index in [4.69, 9.17) is 25.2 Å². The van der Waals surface area contributed by atoms with Crippen molar-refractivity contribution < 1.29 is 14.3 Å². The highest BCUT2D eigenvalue weighted by molar-refractivity contribution is 5.96. The monoisotopic (exact) mass is 469 g/mol. The number of methoxy groups -OCH3 is 1. The van der Waals surface area contributed by atoms with Gasteiger partial charge in [-0.3, -0.25) is 4.79 Å². The third-order valence-corrected chi connectivity index (χ3v) is 6.82. The molecule has 1 fully saturated rings. The van der Waals surface area contributed by atoms with Gasteiger partial charge < -0.3 is 15.2 Å². The van der Waals surface area contributed by atoms with Crippen molar-refractivity contribution in [2.24, 2.45) is 0 Å². The summed E-state index contributed by atoms with van der Waals surface area (Å²) in [6.07, 6.45) is 8.50. The molecule has 1 heterocycles. The van der Waals surface area contributed by atoms with Crippen LogP contribution in [0.1, 0.15) is 77.6 Å². The molecule has 0 saturated heterocycles. The Hall–Kier alpha value is -3.67. The molecule has 180 valence electrons. The molecule has 6 nitrogen and oxygen atoms in total. The molecule has 0 bridgehead atoms. The van der Waals surface area contributed by atoms with Crippen molar-refractivity contribution in [2.45, 2.75) is 58.0 Å². The minimum atomic E-state index is 0.0935. The van der Waals surface area contributed by atoms with E-state index in [0.717, 1.165) is 52.9 Å². The molecule has 0 unspecified atom stereocenters. The van der Waals surface area contributed by atoms with Gasteiger partial charge in [0.2, 0.25) is 5.88 Å². The molecule has 2 aliphatic rings. The maximum atomic E-state index is 12.1. The van der Waals surface area contributed by atoms with Gasteiger partial charge in [-0.2, -0.15) is 4.98 Å². The number of ether oxygens (including phenoxy) is 2. The van der Waals surface area contributed by atoms with Crippen LogP contribution in [-0.4, -0.2) is 29.0 Å². The highest BCUT2D eigenvalue weighted by Crippen LogP contribution is 2.39. The third-order valence-electron chi connectivity index (χ3n) is 6.82. The van der Waals surface area contributed by atoms with E-state index < -0.39 is 0 Å². The first-order valence-electron chi connectivity index (χ1n) is 12.4. The first-order chi connectivity index (χ1) is 17.1. The molecule has 0 aliphatic heterocycles. The van der Waals surface area contributed by atoms with E-state index in [-0.39, 0.29) is 11.9 Å². The fraction of sp³-hybridized carbons (Fsp3) is 0.345. The molecule has 2 aromatic carbocycles. The lowest BCUT2D eigenvalue weighted by Crippen LogP contribution is -2.15. The van der Waals surface area contributed by atoms with Crippen LogP contribution in [0.5, 0.6) is 11.6 Å². The molecule has 2 N–H and O–H groups in total. The average molecular weight is 470 g/mol. The fourth-order valence-corrected chi connectivity index (χ4v) is 4.99. The molecule has 5 rings (SSSR count). The van der Waals surface area contributed by atoms with Gasteiger partial charge in [-0.25, -0.2) is 4.98 Å². The summed E-state index contributed by atoms with van der Waals surface area (Å²) in [7, 11) is 1.62. The summed E-state index contributed by atoms with van der Waals surface area (Å²) in [4.78, 5) is 22.0. The van der Waals surface area contributed by atoms with Crippen LogP contribution in [0.4, 0.5) is 5.69 Å². The molecule has 6 heteroatoms. The number of Topliss-reactive ketones (excluding diaryl/α,β-unsaturated/α-hetero) is 1. The number of rotatable bonds is 8. The second-order valence-corrected chi connectivity index (χ2v) is 9.22. The maximum absolute atomic E-state index is 12.1. The molecule has 0 atom stereocenters. The molecule has 35 heavy (non-hydrogen) atoms. The van der Waals surface area contributed by atoms with Crippen molar-refractivity contribution in [3.05, 3.63) is 82.3 Å². The van der Waals surface area contributed by atoms with Gasteiger partial charge >= 0.3 is 0 Å². The Morgan fingerprint density at radius 3 is 2.69 bits per heavy atom. The van der Waals surface area contributed by atoms with Gasteiger partial charge in [0.1, 0.15) is 17.7 Å². The van der Waals surface area contributed by atoms with E-state index >= 15 is 0 Å². The van der Waals surface area contributed by atoms with Gasteiger partial charge in [-0.05, 0) is 55.0 Å². The average Bonchev–Trinajstić information content (AvgIpc) is 3.54. The predicted molar refractivity (Wildman–Crippen MR) is 137 cm³/mol. The second kappa shape index (κ2) is 9.90. The molecule has 0 spiro atoms. The van der Waals surface area contributed by atoms with E-state index in [0.29, 0.717) is 35.9 Å². The SMILES string of the molecule is CCC(=O)c1ccc(Cc2nc3c(c(OC4CCCC4)n2)C(c2cccc(N)c2)=CC3)c(OC)c1. The lowest BCUT2D eigenvalue weighted by Gasteiger charge is -2.18. The van der Waals surface area contributed by atoms with Gasteiger partial charge in [0, 0.05) is 36.1 Å². The summed E-state index contributed by atoms with van der Waals surface area (Å²) in [5.41, 5.74) is 12.5. The Balaban J connectivity index is 1.52. The lowest BCUT2D eigenvalue weighted by atomic mass is 10.0. The summed E-state index contributed by atoms with van der Waals surface area (Å²) in [5.74, 6) is 2.10. The number of fused-ring (bicyclic) bond motifs is 1. The van der Waals surface area contributed by atoms with Crippen LogP contribution >= 0.6 is 0 Å². The lowest BCUT2D eigenvalue weighted by molar-refractivity contribution is 0.0988.